The lowest BCUT2D eigenvalue weighted by atomic mass is 10.2. The molecule has 9 heteroatoms. The molecule has 6 nitrogen and oxygen atoms in total. The van der Waals surface area contributed by atoms with Crippen LogP contribution in [0.4, 0.5) is 20.2 Å². The zero-order valence-corrected chi connectivity index (χ0v) is 15.2. The maximum atomic E-state index is 13.2. The van der Waals surface area contributed by atoms with Crippen LogP contribution in [0.15, 0.2) is 42.5 Å². The van der Waals surface area contributed by atoms with Gasteiger partial charge in [-0.3, -0.25) is 9.10 Å². The summed E-state index contributed by atoms with van der Waals surface area (Å²) in [4.78, 5) is 12.1. The molecule has 0 aromatic heterocycles. The van der Waals surface area contributed by atoms with Crippen LogP contribution < -0.4 is 14.4 Å². The number of ether oxygens (including phenoxy) is 1. The van der Waals surface area contributed by atoms with Crippen molar-refractivity contribution in [3.63, 3.8) is 0 Å². The third-order valence-corrected chi connectivity index (χ3v) is 4.77. The average Bonchev–Trinajstić information content (AvgIpc) is 2.57. The Morgan fingerprint density at radius 2 is 1.73 bits per heavy atom. The highest BCUT2D eigenvalue weighted by atomic mass is 32.2. The van der Waals surface area contributed by atoms with Crippen LogP contribution in [0, 0.1) is 11.6 Å². The van der Waals surface area contributed by atoms with Gasteiger partial charge in [0.15, 0.2) is 17.7 Å². The van der Waals surface area contributed by atoms with Crippen LogP contribution in [0.5, 0.6) is 5.75 Å². The molecule has 0 aliphatic heterocycles. The molecule has 0 radical (unpaired) electrons. The normalized spacial score (nSPS) is 12.3. The number of nitrogens with zero attached hydrogens (tertiary/aromatic N) is 1. The van der Waals surface area contributed by atoms with E-state index in [2.05, 4.69) is 5.32 Å². The van der Waals surface area contributed by atoms with Crippen molar-refractivity contribution in [1.29, 1.82) is 0 Å². The van der Waals surface area contributed by atoms with Crippen LogP contribution in [0.2, 0.25) is 0 Å². The van der Waals surface area contributed by atoms with Crippen LogP contribution in [0.25, 0.3) is 0 Å². The van der Waals surface area contributed by atoms with Gasteiger partial charge in [0.05, 0.1) is 11.9 Å². The van der Waals surface area contributed by atoms with E-state index in [1.165, 1.54) is 44.3 Å². The number of rotatable bonds is 6. The van der Waals surface area contributed by atoms with E-state index in [1.807, 2.05) is 0 Å². The van der Waals surface area contributed by atoms with E-state index in [9.17, 15) is 22.0 Å². The number of amides is 1. The lowest BCUT2D eigenvalue weighted by Gasteiger charge is -2.18. The summed E-state index contributed by atoms with van der Waals surface area (Å²) in [6.07, 6.45) is 0.170. The number of halogens is 2. The van der Waals surface area contributed by atoms with Crippen LogP contribution in [0.3, 0.4) is 0 Å². The summed E-state index contributed by atoms with van der Waals surface area (Å²) < 4.78 is 55.6. The Morgan fingerprint density at radius 3 is 2.27 bits per heavy atom. The maximum Gasteiger partial charge on any atom is 0.265 e. The zero-order chi connectivity index (χ0) is 19.5. The number of nitrogens with one attached hydrogen (secondary N) is 1. The molecule has 0 aliphatic carbocycles. The van der Waals surface area contributed by atoms with Gasteiger partial charge in [0.1, 0.15) is 5.75 Å². The third kappa shape index (κ3) is 4.92. The first-order chi connectivity index (χ1) is 12.1. The largest absolute Gasteiger partial charge is 0.481 e. The minimum atomic E-state index is -3.38. The summed E-state index contributed by atoms with van der Waals surface area (Å²) in [7, 11) is -1.96. The highest BCUT2D eigenvalue weighted by Gasteiger charge is 2.17. The van der Waals surface area contributed by atoms with E-state index in [-0.39, 0.29) is 5.69 Å². The van der Waals surface area contributed by atoms with E-state index in [0.29, 0.717) is 11.4 Å². The fourth-order valence-electron chi connectivity index (χ4n) is 2.00. The van der Waals surface area contributed by atoms with Gasteiger partial charge in [-0.2, -0.15) is 0 Å². The van der Waals surface area contributed by atoms with E-state index in [0.717, 1.165) is 22.7 Å². The van der Waals surface area contributed by atoms with Gasteiger partial charge in [0.2, 0.25) is 10.0 Å². The molecule has 0 spiro atoms. The van der Waals surface area contributed by atoms with Gasteiger partial charge in [-0.25, -0.2) is 17.2 Å². The summed E-state index contributed by atoms with van der Waals surface area (Å²) >= 11 is 0. The topological polar surface area (TPSA) is 75.7 Å². The van der Waals surface area contributed by atoms with Crippen molar-refractivity contribution >= 4 is 27.3 Å². The number of hydrogen-bond acceptors (Lipinski definition) is 4. The van der Waals surface area contributed by atoms with E-state index in [1.54, 1.807) is 0 Å². The maximum absolute atomic E-state index is 13.2. The standard InChI is InChI=1S/C17H18F2N2O4S/c1-11(17(22)20-12-4-9-15(18)16(19)10-12)25-14-7-5-13(6-8-14)21(2)26(3,23)24/h4-11H,1-3H3,(H,20,22). The van der Waals surface area contributed by atoms with Crippen molar-refractivity contribution in [2.75, 3.05) is 22.9 Å². The molecule has 140 valence electrons. The number of benzene rings is 2. The second-order valence-electron chi connectivity index (χ2n) is 5.60. The highest BCUT2D eigenvalue weighted by molar-refractivity contribution is 7.92. The van der Waals surface area contributed by atoms with Crippen molar-refractivity contribution in [2.45, 2.75) is 13.0 Å². The molecule has 1 N–H and O–H groups in total. The Balaban J connectivity index is 2.01. The second kappa shape index (κ2) is 7.69. The Kier molecular flexibility index (Phi) is 5.81. The first-order valence-corrected chi connectivity index (χ1v) is 9.39. The minimum absolute atomic E-state index is 0.106. The number of anilines is 2. The molecule has 26 heavy (non-hydrogen) atoms. The summed E-state index contributed by atoms with van der Waals surface area (Å²) in [5.74, 6) is -2.27. The summed E-state index contributed by atoms with van der Waals surface area (Å²) in [6, 6.07) is 9.14. The first kappa shape index (κ1) is 19.6. The van der Waals surface area contributed by atoms with Crippen LogP contribution in [0.1, 0.15) is 6.92 Å². The fourth-order valence-corrected chi connectivity index (χ4v) is 2.51. The first-order valence-electron chi connectivity index (χ1n) is 7.54. The van der Waals surface area contributed by atoms with Crippen molar-refractivity contribution in [1.82, 2.24) is 0 Å². The number of carbonyl (C=O) groups is 1. The van der Waals surface area contributed by atoms with E-state index >= 15 is 0 Å². The van der Waals surface area contributed by atoms with Crippen molar-refractivity contribution < 1.29 is 26.7 Å². The predicted octanol–water partition coefficient (Wildman–Crippen LogP) is 2.77. The molecular formula is C17H18F2N2O4S. The van der Waals surface area contributed by atoms with Gasteiger partial charge in [-0.1, -0.05) is 0 Å². The van der Waals surface area contributed by atoms with Gasteiger partial charge < -0.3 is 10.1 Å². The summed E-state index contributed by atoms with van der Waals surface area (Å²) in [5, 5.41) is 2.42. The summed E-state index contributed by atoms with van der Waals surface area (Å²) in [6.45, 7) is 1.49. The Bertz CT molecular complexity index is 901. The van der Waals surface area contributed by atoms with Gasteiger partial charge in [-0.15, -0.1) is 0 Å². The molecule has 2 aromatic carbocycles. The monoisotopic (exact) mass is 384 g/mol. The zero-order valence-electron chi connectivity index (χ0n) is 14.4. The molecule has 1 unspecified atom stereocenters. The molecule has 0 saturated heterocycles. The van der Waals surface area contributed by atoms with Crippen molar-refractivity contribution in [3.05, 3.63) is 54.1 Å². The molecule has 0 aliphatic rings. The minimum Gasteiger partial charge on any atom is -0.481 e. The van der Waals surface area contributed by atoms with Crippen LogP contribution in [-0.2, 0) is 14.8 Å². The Morgan fingerprint density at radius 1 is 1.12 bits per heavy atom. The van der Waals surface area contributed by atoms with Crippen molar-refractivity contribution in [2.24, 2.45) is 0 Å². The van der Waals surface area contributed by atoms with Gasteiger partial charge in [0, 0.05) is 18.8 Å². The highest BCUT2D eigenvalue weighted by Crippen LogP contribution is 2.21. The lowest BCUT2D eigenvalue weighted by Crippen LogP contribution is -2.30. The van der Waals surface area contributed by atoms with Gasteiger partial charge in [0.25, 0.3) is 5.91 Å². The quantitative estimate of drug-likeness (QED) is 0.831. The predicted molar refractivity (Wildman–Crippen MR) is 94.8 cm³/mol. The SMILES string of the molecule is CC(Oc1ccc(N(C)S(C)(=O)=O)cc1)C(=O)Nc1ccc(F)c(F)c1. The summed E-state index contributed by atoms with van der Waals surface area (Å²) in [5.41, 5.74) is 0.549. The van der Waals surface area contributed by atoms with Crippen LogP contribution >= 0.6 is 0 Å². The molecule has 0 heterocycles. The lowest BCUT2D eigenvalue weighted by molar-refractivity contribution is -0.122. The number of sulfonamides is 1. The van der Waals surface area contributed by atoms with E-state index in [4.69, 9.17) is 4.74 Å². The Labute approximate surface area is 150 Å². The molecule has 2 aromatic rings. The number of carbonyl (C=O) groups excluding carboxylic acids is 1. The number of hydrogen-bond donors (Lipinski definition) is 1. The molecule has 0 saturated carbocycles. The molecule has 0 bridgehead atoms. The van der Waals surface area contributed by atoms with Crippen LogP contribution in [-0.4, -0.2) is 33.7 Å². The van der Waals surface area contributed by atoms with Crippen molar-refractivity contribution in [3.8, 4) is 5.75 Å². The van der Waals surface area contributed by atoms with Gasteiger partial charge in [-0.05, 0) is 43.3 Å². The second-order valence-corrected chi connectivity index (χ2v) is 7.62. The average molecular weight is 384 g/mol. The van der Waals surface area contributed by atoms with Gasteiger partial charge >= 0.3 is 0 Å². The molecule has 1 atom stereocenters. The third-order valence-electron chi connectivity index (χ3n) is 3.57. The smallest absolute Gasteiger partial charge is 0.265 e. The molecule has 1 amide bonds. The molecule has 2 rings (SSSR count). The molecule has 0 fully saturated rings. The molecular weight excluding hydrogens is 366 g/mol. The van der Waals surface area contributed by atoms with E-state index < -0.39 is 33.7 Å². The fraction of sp³-hybridized carbons (Fsp3) is 0.235. The Hall–Kier alpha value is -2.68.